The second kappa shape index (κ2) is 13.0. The Morgan fingerprint density at radius 2 is 1.11 bits per heavy atom. The molecule has 0 N–H and O–H groups in total. The molecule has 10 rings (SSSR count). The van der Waals surface area contributed by atoms with Crippen LogP contribution < -0.4 is 0 Å². The first-order valence-electron chi connectivity index (χ1n) is 17.7. The minimum Gasteiger partial charge on any atom is -0.292 e. The van der Waals surface area contributed by atoms with E-state index in [4.69, 9.17) is 9.97 Å². The van der Waals surface area contributed by atoms with Crippen LogP contribution in [-0.4, -0.2) is 14.5 Å². The standard InChI is InChI=1S/C48H29F2N3S/c49-38-19-12-20-39(50)45(38)41-27-26-35-44-34(31-15-6-2-7-16-31)24-25-36(46(44)54-48(35)52-41)47-51-40-21-10-11-22-43(40)53(47)42-28-23-33(30-13-4-1-5-14-30)29-37(42)32-17-8-3-9-18-32/h1-29H. The number of benzene rings is 7. The van der Waals surface area contributed by atoms with E-state index in [1.54, 1.807) is 6.07 Å². The topological polar surface area (TPSA) is 30.7 Å². The maximum atomic E-state index is 15.0. The lowest BCUT2D eigenvalue weighted by Crippen LogP contribution is -2.01. The number of aromatic nitrogens is 3. The maximum Gasteiger partial charge on any atom is 0.147 e. The van der Waals surface area contributed by atoms with E-state index in [0.717, 1.165) is 77.0 Å². The molecule has 0 saturated heterocycles. The summed E-state index contributed by atoms with van der Waals surface area (Å²) >= 11 is 1.52. The van der Waals surface area contributed by atoms with Crippen molar-refractivity contribution >= 4 is 42.7 Å². The van der Waals surface area contributed by atoms with Gasteiger partial charge in [-0.05, 0) is 82.4 Å². The van der Waals surface area contributed by atoms with E-state index >= 15 is 8.78 Å². The summed E-state index contributed by atoms with van der Waals surface area (Å²) in [6, 6.07) is 57.9. The zero-order chi connectivity index (χ0) is 36.2. The van der Waals surface area contributed by atoms with Crippen molar-refractivity contribution in [3.63, 3.8) is 0 Å². The number of thiophene rings is 1. The Morgan fingerprint density at radius 1 is 0.481 bits per heavy atom. The van der Waals surface area contributed by atoms with Gasteiger partial charge in [0.2, 0.25) is 0 Å². The summed E-state index contributed by atoms with van der Waals surface area (Å²) < 4.78 is 33.3. The van der Waals surface area contributed by atoms with Gasteiger partial charge in [-0.2, -0.15) is 0 Å². The highest BCUT2D eigenvalue weighted by Gasteiger charge is 2.24. The molecule has 54 heavy (non-hydrogen) atoms. The lowest BCUT2D eigenvalue weighted by Gasteiger charge is -2.17. The van der Waals surface area contributed by atoms with Crippen LogP contribution in [0.5, 0.6) is 0 Å². The van der Waals surface area contributed by atoms with Crippen molar-refractivity contribution in [2.75, 3.05) is 0 Å². The fourth-order valence-corrected chi connectivity index (χ4v) is 8.73. The van der Waals surface area contributed by atoms with Crippen molar-refractivity contribution < 1.29 is 8.78 Å². The monoisotopic (exact) mass is 717 g/mol. The van der Waals surface area contributed by atoms with Gasteiger partial charge in [-0.3, -0.25) is 4.57 Å². The second-order valence-electron chi connectivity index (χ2n) is 13.2. The van der Waals surface area contributed by atoms with Gasteiger partial charge in [0.15, 0.2) is 0 Å². The van der Waals surface area contributed by atoms with Gasteiger partial charge in [0.1, 0.15) is 22.3 Å². The number of rotatable bonds is 6. The van der Waals surface area contributed by atoms with Gasteiger partial charge in [-0.1, -0.05) is 121 Å². The molecule has 0 fully saturated rings. The lowest BCUT2D eigenvalue weighted by atomic mass is 9.96. The van der Waals surface area contributed by atoms with Gasteiger partial charge in [0.25, 0.3) is 0 Å². The first-order valence-corrected chi connectivity index (χ1v) is 18.5. The molecule has 0 aliphatic heterocycles. The Labute approximate surface area is 314 Å². The van der Waals surface area contributed by atoms with Gasteiger partial charge in [-0.15, -0.1) is 11.3 Å². The zero-order valence-corrected chi connectivity index (χ0v) is 29.6. The predicted molar refractivity (Wildman–Crippen MR) is 219 cm³/mol. The third-order valence-corrected chi connectivity index (χ3v) is 11.2. The number of halogens is 2. The quantitative estimate of drug-likeness (QED) is 0.171. The molecular formula is C48H29F2N3S. The van der Waals surface area contributed by atoms with Gasteiger partial charge in [-0.25, -0.2) is 18.7 Å². The third kappa shape index (κ3) is 5.30. The van der Waals surface area contributed by atoms with E-state index in [-0.39, 0.29) is 11.3 Å². The van der Waals surface area contributed by atoms with E-state index in [2.05, 4.69) is 102 Å². The highest BCUT2D eigenvalue weighted by molar-refractivity contribution is 7.26. The molecule has 0 atom stereocenters. The SMILES string of the molecule is Fc1cccc(F)c1-c1ccc2c(n1)sc1c(-c3nc4ccccc4n3-c3ccc(-c4ccccc4)cc3-c3ccccc3)ccc(-c3ccccc3)c12. The van der Waals surface area contributed by atoms with Crippen LogP contribution in [-0.2, 0) is 0 Å². The smallest absolute Gasteiger partial charge is 0.147 e. The molecule has 7 aromatic carbocycles. The van der Waals surface area contributed by atoms with E-state index in [9.17, 15) is 0 Å². The third-order valence-electron chi connectivity index (χ3n) is 10.0. The van der Waals surface area contributed by atoms with E-state index in [0.29, 0.717) is 4.83 Å². The van der Waals surface area contributed by atoms with Crippen LogP contribution in [0.4, 0.5) is 8.78 Å². The summed E-state index contributed by atoms with van der Waals surface area (Å²) in [5.74, 6) is -0.498. The van der Waals surface area contributed by atoms with Crippen LogP contribution in [0.1, 0.15) is 0 Å². The molecule has 0 aliphatic carbocycles. The summed E-state index contributed by atoms with van der Waals surface area (Å²) in [6.07, 6.45) is 0. The number of imidazole rings is 1. The summed E-state index contributed by atoms with van der Waals surface area (Å²) in [5, 5.41) is 1.93. The van der Waals surface area contributed by atoms with Crippen LogP contribution in [0.2, 0.25) is 0 Å². The van der Waals surface area contributed by atoms with E-state index < -0.39 is 11.6 Å². The minimum atomic E-state index is -0.644. The molecule has 0 amide bonds. The van der Waals surface area contributed by atoms with Crippen LogP contribution in [0, 0.1) is 11.6 Å². The molecule has 6 heteroatoms. The van der Waals surface area contributed by atoms with Crippen molar-refractivity contribution in [3.8, 4) is 61.7 Å². The zero-order valence-electron chi connectivity index (χ0n) is 28.7. The molecular weight excluding hydrogens is 689 g/mol. The summed E-state index contributed by atoms with van der Waals surface area (Å²) in [7, 11) is 0. The number of para-hydroxylation sites is 2. The maximum absolute atomic E-state index is 15.0. The van der Waals surface area contributed by atoms with Crippen molar-refractivity contribution in [1.82, 2.24) is 14.5 Å². The van der Waals surface area contributed by atoms with E-state index in [1.165, 1.54) is 29.5 Å². The molecule has 0 saturated carbocycles. The molecule has 0 aliphatic rings. The molecule has 0 unspecified atom stereocenters. The van der Waals surface area contributed by atoms with Crippen molar-refractivity contribution in [2.24, 2.45) is 0 Å². The van der Waals surface area contributed by atoms with Crippen LogP contribution in [0.25, 0.3) is 93.0 Å². The Hall–Kier alpha value is -6.76. The molecule has 3 aromatic heterocycles. The van der Waals surface area contributed by atoms with Crippen molar-refractivity contribution in [2.45, 2.75) is 0 Å². The summed E-state index contributed by atoms with van der Waals surface area (Å²) in [6.45, 7) is 0. The Bertz CT molecular complexity index is 2990. The predicted octanol–water partition coefficient (Wildman–Crippen LogP) is 13.4. The first kappa shape index (κ1) is 31.9. The summed E-state index contributed by atoms with van der Waals surface area (Å²) in [5.41, 5.74) is 10.5. The van der Waals surface area contributed by atoms with Gasteiger partial charge in [0, 0.05) is 26.6 Å². The lowest BCUT2D eigenvalue weighted by molar-refractivity contribution is 0.589. The highest BCUT2D eigenvalue weighted by Crippen LogP contribution is 2.46. The Morgan fingerprint density at radius 3 is 1.83 bits per heavy atom. The molecule has 0 spiro atoms. The van der Waals surface area contributed by atoms with Crippen molar-refractivity contribution in [3.05, 3.63) is 188 Å². The molecule has 3 nitrogen and oxygen atoms in total. The number of hydrogen-bond donors (Lipinski definition) is 0. The average molecular weight is 718 g/mol. The van der Waals surface area contributed by atoms with Crippen LogP contribution in [0.3, 0.4) is 0 Å². The fourth-order valence-electron chi connectivity index (χ4n) is 7.52. The fraction of sp³-hybridized carbons (Fsp3) is 0. The van der Waals surface area contributed by atoms with E-state index in [1.807, 2.05) is 54.6 Å². The van der Waals surface area contributed by atoms with Gasteiger partial charge in [0.05, 0.1) is 28.0 Å². The summed E-state index contributed by atoms with van der Waals surface area (Å²) in [4.78, 5) is 10.9. The molecule has 3 heterocycles. The minimum absolute atomic E-state index is 0.130. The molecule has 0 radical (unpaired) electrons. The average Bonchev–Trinajstić information content (AvgIpc) is 3.80. The Balaban J connectivity index is 1.27. The normalized spacial score (nSPS) is 11.5. The highest BCUT2D eigenvalue weighted by atomic mass is 32.1. The van der Waals surface area contributed by atoms with Crippen LogP contribution in [0.15, 0.2) is 176 Å². The molecule has 0 bridgehead atoms. The molecule has 256 valence electrons. The second-order valence-corrected chi connectivity index (χ2v) is 14.2. The first-order chi connectivity index (χ1) is 26.6. The van der Waals surface area contributed by atoms with Crippen LogP contribution >= 0.6 is 11.3 Å². The number of fused-ring (bicyclic) bond motifs is 4. The largest absolute Gasteiger partial charge is 0.292 e. The number of pyridine rings is 1. The Kier molecular flexibility index (Phi) is 7.70. The number of nitrogens with zero attached hydrogens (tertiary/aromatic N) is 3. The van der Waals surface area contributed by atoms with Gasteiger partial charge >= 0.3 is 0 Å². The molecule has 10 aromatic rings. The van der Waals surface area contributed by atoms with Gasteiger partial charge < -0.3 is 0 Å². The number of hydrogen-bond acceptors (Lipinski definition) is 3. The van der Waals surface area contributed by atoms with Crippen molar-refractivity contribution in [1.29, 1.82) is 0 Å².